The molecule has 1 aliphatic heterocycles. The first-order valence-electron chi connectivity index (χ1n) is 12.8. The second kappa shape index (κ2) is 10.2. The van der Waals surface area contributed by atoms with Gasteiger partial charge >= 0.3 is 11.7 Å². The molecule has 7 heteroatoms. The van der Waals surface area contributed by atoms with Crippen LogP contribution < -0.4 is 5.69 Å². The molecule has 0 bridgehead atoms. The Morgan fingerprint density at radius 3 is 2.43 bits per heavy atom. The summed E-state index contributed by atoms with van der Waals surface area (Å²) in [7, 11) is 2.16. The van der Waals surface area contributed by atoms with Crippen molar-refractivity contribution in [3.05, 3.63) is 70.1 Å². The highest BCUT2D eigenvalue weighted by Crippen LogP contribution is 2.34. The van der Waals surface area contributed by atoms with Crippen molar-refractivity contribution in [2.24, 2.45) is 5.92 Å². The lowest BCUT2D eigenvalue weighted by atomic mass is 9.83. The number of aliphatic carboxylic acids is 1. The van der Waals surface area contributed by atoms with Crippen molar-refractivity contribution < 1.29 is 9.90 Å². The number of hydrogen-bond donors (Lipinski definition) is 1. The third-order valence-electron chi connectivity index (χ3n) is 7.74. The SMILES string of the molecule is CN1CCc2ccc(-n3c(-c4ccccc4)nn(C4CCC(CCC(=O)O)CC4)c3=O)cc2CC1. The first kappa shape index (κ1) is 23.5. The van der Waals surface area contributed by atoms with Crippen LogP contribution in [0.15, 0.2) is 53.3 Å². The molecule has 0 spiro atoms. The summed E-state index contributed by atoms with van der Waals surface area (Å²) in [4.78, 5) is 27.1. The Hall–Kier alpha value is -3.19. The zero-order valence-corrected chi connectivity index (χ0v) is 20.4. The predicted molar refractivity (Wildman–Crippen MR) is 136 cm³/mol. The molecular weight excluding hydrogens is 440 g/mol. The van der Waals surface area contributed by atoms with Crippen LogP contribution in [0.1, 0.15) is 55.7 Å². The molecule has 5 rings (SSSR count). The van der Waals surface area contributed by atoms with Crippen molar-refractivity contribution in [2.75, 3.05) is 20.1 Å². The van der Waals surface area contributed by atoms with Crippen LogP contribution in [-0.4, -0.2) is 50.5 Å². The van der Waals surface area contributed by atoms with Gasteiger partial charge in [0.2, 0.25) is 0 Å². The van der Waals surface area contributed by atoms with Gasteiger partial charge in [0.25, 0.3) is 0 Å². The molecule has 2 aliphatic rings. The number of nitrogens with zero attached hydrogens (tertiary/aromatic N) is 4. The van der Waals surface area contributed by atoms with Crippen LogP contribution in [0.4, 0.5) is 0 Å². The standard InChI is InChI=1S/C28H34N4O3/c1-30-17-15-21-10-13-25(19-23(21)16-18-30)31-27(22-5-3-2-4-6-22)29-32(28(31)35)24-11-7-20(8-12-24)9-14-26(33)34/h2-6,10,13,19-20,24H,7-9,11-12,14-18H2,1H3,(H,33,34). The Morgan fingerprint density at radius 1 is 1.00 bits per heavy atom. The number of hydrogen-bond acceptors (Lipinski definition) is 4. The Morgan fingerprint density at radius 2 is 1.71 bits per heavy atom. The van der Waals surface area contributed by atoms with Gasteiger partial charge in [0.1, 0.15) is 0 Å². The van der Waals surface area contributed by atoms with E-state index in [-0.39, 0.29) is 18.2 Å². The van der Waals surface area contributed by atoms with Crippen molar-refractivity contribution in [1.82, 2.24) is 19.2 Å². The number of aromatic nitrogens is 3. The lowest BCUT2D eigenvalue weighted by molar-refractivity contribution is -0.137. The van der Waals surface area contributed by atoms with Crippen LogP contribution in [0.25, 0.3) is 17.1 Å². The summed E-state index contributed by atoms with van der Waals surface area (Å²) in [5, 5.41) is 13.9. The Bertz CT molecular complexity index is 1240. The van der Waals surface area contributed by atoms with E-state index in [1.54, 1.807) is 9.25 Å². The molecule has 0 amide bonds. The molecular formula is C28H34N4O3. The van der Waals surface area contributed by atoms with Gasteiger partial charge in [-0.15, -0.1) is 5.10 Å². The van der Waals surface area contributed by atoms with E-state index in [9.17, 15) is 9.59 Å². The number of carboxylic acid groups (broad SMARTS) is 1. The zero-order chi connectivity index (χ0) is 24.4. The van der Waals surface area contributed by atoms with E-state index in [0.29, 0.717) is 18.2 Å². The molecule has 184 valence electrons. The van der Waals surface area contributed by atoms with Crippen LogP contribution in [0.3, 0.4) is 0 Å². The van der Waals surface area contributed by atoms with E-state index >= 15 is 0 Å². The third-order valence-corrected chi connectivity index (χ3v) is 7.74. The smallest absolute Gasteiger partial charge is 0.351 e. The molecule has 1 aromatic heterocycles. The first-order valence-corrected chi connectivity index (χ1v) is 12.8. The van der Waals surface area contributed by atoms with Gasteiger partial charge in [-0.25, -0.2) is 14.0 Å². The average molecular weight is 475 g/mol. The minimum absolute atomic E-state index is 0.0433. The van der Waals surface area contributed by atoms with Crippen molar-refractivity contribution in [1.29, 1.82) is 0 Å². The second-order valence-corrected chi connectivity index (χ2v) is 10.1. The highest BCUT2D eigenvalue weighted by Gasteiger charge is 2.27. The average Bonchev–Trinajstić information content (AvgIpc) is 3.11. The number of benzene rings is 2. The number of carbonyl (C=O) groups is 1. The van der Waals surface area contributed by atoms with Crippen LogP contribution in [0, 0.1) is 5.92 Å². The number of likely N-dealkylation sites (N-methyl/N-ethyl adjacent to an activating group) is 1. The number of fused-ring (bicyclic) bond motifs is 1. The summed E-state index contributed by atoms with van der Waals surface area (Å²) in [6.45, 7) is 2.07. The van der Waals surface area contributed by atoms with Gasteiger partial charge in [-0.05, 0) is 81.2 Å². The van der Waals surface area contributed by atoms with Crippen molar-refractivity contribution in [2.45, 2.75) is 57.4 Å². The summed E-state index contributed by atoms with van der Waals surface area (Å²) in [5.74, 6) is 0.354. The van der Waals surface area contributed by atoms with Gasteiger partial charge < -0.3 is 10.0 Å². The van der Waals surface area contributed by atoms with Gasteiger partial charge in [0.15, 0.2) is 5.82 Å². The molecule has 1 N–H and O–H groups in total. The van der Waals surface area contributed by atoms with E-state index in [1.807, 2.05) is 30.3 Å². The maximum absolute atomic E-state index is 13.8. The molecule has 1 saturated carbocycles. The van der Waals surface area contributed by atoms with Crippen molar-refractivity contribution in [3.63, 3.8) is 0 Å². The molecule has 0 radical (unpaired) electrons. The van der Waals surface area contributed by atoms with Crippen LogP contribution in [0.5, 0.6) is 0 Å². The van der Waals surface area contributed by atoms with Gasteiger partial charge in [0, 0.05) is 25.1 Å². The summed E-state index contributed by atoms with van der Waals surface area (Å²) in [6, 6.07) is 16.4. The fourth-order valence-electron chi connectivity index (χ4n) is 5.60. The minimum Gasteiger partial charge on any atom is -0.481 e. The van der Waals surface area contributed by atoms with Gasteiger partial charge in [-0.3, -0.25) is 4.79 Å². The van der Waals surface area contributed by atoms with Crippen molar-refractivity contribution >= 4 is 5.97 Å². The quantitative estimate of drug-likeness (QED) is 0.575. The summed E-state index contributed by atoms with van der Waals surface area (Å²) in [5.41, 5.74) is 4.37. The highest BCUT2D eigenvalue weighted by molar-refractivity contribution is 5.66. The fraction of sp³-hybridized carbons (Fsp3) is 0.464. The van der Waals surface area contributed by atoms with E-state index in [4.69, 9.17) is 10.2 Å². The van der Waals surface area contributed by atoms with Crippen molar-refractivity contribution in [3.8, 4) is 17.1 Å². The molecule has 1 aliphatic carbocycles. The third kappa shape index (κ3) is 5.10. The summed E-state index contributed by atoms with van der Waals surface area (Å²) in [6.07, 6.45) is 6.51. The molecule has 0 saturated heterocycles. The number of rotatable bonds is 6. The fourth-order valence-corrected chi connectivity index (χ4v) is 5.60. The largest absolute Gasteiger partial charge is 0.481 e. The normalized spacial score (nSPS) is 20.8. The molecule has 1 fully saturated rings. The summed E-state index contributed by atoms with van der Waals surface area (Å²) < 4.78 is 3.47. The molecule has 35 heavy (non-hydrogen) atoms. The van der Waals surface area contributed by atoms with E-state index in [0.717, 1.165) is 62.9 Å². The molecule has 0 atom stereocenters. The van der Waals surface area contributed by atoms with E-state index < -0.39 is 5.97 Å². The Balaban J connectivity index is 1.49. The van der Waals surface area contributed by atoms with Gasteiger partial charge in [-0.1, -0.05) is 36.4 Å². The van der Waals surface area contributed by atoms with Gasteiger partial charge in [-0.2, -0.15) is 0 Å². The lowest BCUT2D eigenvalue weighted by Crippen LogP contribution is -2.30. The molecule has 3 aromatic rings. The van der Waals surface area contributed by atoms with Crippen LogP contribution >= 0.6 is 0 Å². The highest BCUT2D eigenvalue weighted by atomic mass is 16.4. The Labute approximate surface area is 206 Å². The Kier molecular flexibility index (Phi) is 6.86. The first-order chi connectivity index (χ1) is 17.0. The topological polar surface area (TPSA) is 80.4 Å². The maximum Gasteiger partial charge on any atom is 0.351 e. The zero-order valence-electron chi connectivity index (χ0n) is 20.4. The molecule has 7 nitrogen and oxygen atoms in total. The van der Waals surface area contributed by atoms with E-state index in [1.165, 1.54) is 11.1 Å². The summed E-state index contributed by atoms with van der Waals surface area (Å²) >= 11 is 0. The molecule has 2 aromatic carbocycles. The minimum atomic E-state index is -0.734. The predicted octanol–water partition coefficient (Wildman–Crippen LogP) is 4.33. The second-order valence-electron chi connectivity index (χ2n) is 10.1. The molecule has 2 heterocycles. The van der Waals surface area contributed by atoms with Crippen LogP contribution in [0.2, 0.25) is 0 Å². The lowest BCUT2D eigenvalue weighted by Gasteiger charge is -2.27. The van der Waals surface area contributed by atoms with Gasteiger partial charge in [0.05, 0.1) is 11.7 Å². The van der Waals surface area contributed by atoms with E-state index in [2.05, 4.69) is 30.1 Å². The molecule has 0 unspecified atom stereocenters. The number of carboxylic acids is 1. The van der Waals surface area contributed by atoms with Crippen LogP contribution in [-0.2, 0) is 17.6 Å². The maximum atomic E-state index is 13.8. The monoisotopic (exact) mass is 474 g/mol.